The van der Waals surface area contributed by atoms with Crippen molar-refractivity contribution in [2.24, 2.45) is 16.8 Å². The summed E-state index contributed by atoms with van der Waals surface area (Å²) in [5, 5.41) is 14.5. The molecule has 0 amide bonds. The Hall–Kier alpha value is -1.79. The predicted molar refractivity (Wildman–Crippen MR) is 102 cm³/mol. The van der Waals surface area contributed by atoms with E-state index in [1.807, 2.05) is 35.3 Å². The van der Waals surface area contributed by atoms with Crippen molar-refractivity contribution in [2.45, 2.75) is 0 Å². The molecule has 2 aromatic rings. The van der Waals surface area contributed by atoms with Crippen LogP contribution in [0.1, 0.15) is 5.56 Å². The standard InChI is InChI=1S/C17H17BrN4S/c18-14-6-4-5-12(9-14)16-13(11-23-17(19)20)10-22(21-16)15-7-2-1-3-8-15/h1-9,13H,10-11H2,(H3,19,20). The van der Waals surface area contributed by atoms with E-state index in [0.29, 0.717) is 0 Å². The Morgan fingerprint density at radius 3 is 2.74 bits per heavy atom. The van der Waals surface area contributed by atoms with E-state index >= 15 is 0 Å². The fourth-order valence-electron chi connectivity index (χ4n) is 2.57. The molecule has 3 N–H and O–H groups in total. The molecule has 0 spiro atoms. The van der Waals surface area contributed by atoms with Gasteiger partial charge in [-0.1, -0.05) is 58.0 Å². The molecule has 1 aliphatic heterocycles. The van der Waals surface area contributed by atoms with E-state index in [2.05, 4.69) is 40.2 Å². The van der Waals surface area contributed by atoms with Crippen LogP contribution in [0.4, 0.5) is 5.69 Å². The second-order valence-electron chi connectivity index (χ2n) is 5.29. The zero-order chi connectivity index (χ0) is 16.2. The van der Waals surface area contributed by atoms with Crippen molar-refractivity contribution < 1.29 is 0 Å². The summed E-state index contributed by atoms with van der Waals surface area (Å²) in [5.41, 5.74) is 8.74. The lowest BCUT2D eigenvalue weighted by Crippen LogP contribution is -2.23. The molecule has 3 rings (SSSR count). The molecule has 1 aliphatic rings. The topological polar surface area (TPSA) is 65.5 Å². The quantitative estimate of drug-likeness (QED) is 0.616. The molecular formula is C17H17BrN4S. The van der Waals surface area contributed by atoms with Crippen LogP contribution in [0.25, 0.3) is 0 Å². The van der Waals surface area contributed by atoms with Crippen LogP contribution in [-0.2, 0) is 0 Å². The average molecular weight is 389 g/mol. The minimum atomic E-state index is 0.150. The highest BCUT2D eigenvalue weighted by Gasteiger charge is 2.28. The lowest BCUT2D eigenvalue weighted by atomic mass is 9.99. The van der Waals surface area contributed by atoms with Crippen LogP contribution in [0, 0.1) is 11.3 Å². The third kappa shape index (κ3) is 3.95. The first kappa shape index (κ1) is 16.1. The van der Waals surface area contributed by atoms with Crippen molar-refractivity contribution >= 4 is 44.3 Å². The maximum atomic E-state index is 7.46. The highest BCUT2D eigenvalue weighted by Crippen LogP contribution is 2.28. The summed E-state index contributed by atoms with van der Waals surface area (Å²) >= 11 is 4.89. The molecule has 1 heterocycles. The van der Waals surface area contributed by atoms with Gasteiger partial charge >= 0.3 is 0 Å². The number of hydrogen-bond donors (Lipinski definition) is 2. The normalized spacial score (nSPS) is 17.2. The molecule has 0 saturated heterocycles. The first-order chi connectivity index (χ1) is 11.1. The van der Waals surface area contributed by atoms with Gasteiger partial charge in [0.2, 0.25) is 0 Å². The molecule has 1 atom stereocenters. The molecule has 2 aromatic carbocycles. The number of halogens is 1. The highest BCUT2D eigenvalue weighted by atomic mass is 79.9. The van der Waals surface area contributed by atoms with E-state index in [4.69, 9.17) is 16.2 Å². The molecule has 118 valence electrons. The van der Waals surface area contributed by atoms with E-state index in [1.165, 1.54) is 11.8 Å². The maximum Gasteiger partial charge on any atom is 0.151 e. The van der Waals surface area contributed by atoms with Crippen LogP contribution in [0.15, 0.2) is 64.2 Å². The van der Waals surface area contributed by atoms with Crippen LogP contribution < -0.4 is 10.7 Å². The molecular weight excluding hydrogens is 372 g/mol. The lowest BCUT2D eigenvalue weighted by molar-refractivity contribution is 0.786. The number of nitrogens with two attached hydrogens (primary N) is 1. The molecule has 0 bridgehead atoms. The van der Waals surface area contributed by atoms with Gasteiger partial charge in [-0.2, -0.15) is 5.10 Å². The SMILES string of the molecule is N=C(N)SCC1CN(c2ccccc2)N=C1c1cccc(Br)c1. The largest absolute Gasteiger partial charge is 0.379 e. The van der Waals surface area contributed by atoms with E-state index in [0.717, 1.165) is 33.7 Å². The van der Waals surface area contributed by atoms with Crippen molar-refractivity contribution in [1.29, 1.82) is 5.41 Å². The molecule has 1 unspecified atom stereocenters. The van der Waals surface area contributed by atoms with Crippen molar-refractivity contribution in [3.63, 3.8) is 0 Å². The summed E-state index contributed by atoms with van der Waals surface area (Å²) in [6, 6.07) is 18.3. The first-order valence-corrected chi connectivity index (χ1v) is 9.05. The summed E-state index contributed by atoms with van der Waals surface area (Å²) < 4.78 is 1.04. The highest BCUT2D eigenvalue weighted by molar-refractivity contribution is 9.10. The summed E-state index contributed by atoms with van der Waals surface area (Å²) in [6.07, 6.45) is 0. The zero-order valence-corrected chi connectivity index (χ0v) is 14.8. The van der Waals surface area contributed by atoms with Gasteiger partial charge in [-0.25, -0.2) is 0 Å². The minimum Gasteiger partial charge on any atom is -0.379 e. The Bertz CT molecular complexity index is 732. The van der Waals surface area contributed by atoms with Crippen molar-refractivity contribution in [1.82, 2.24) is 0 Å². The smallest absolute Gasteiger partial charge is 0.151 e. The van der Waals surface area contributed by atoms with Crippen LogP contribution in [0.2, 0.25) is 0 Å². The summed E-state index contributed by atoms with van der Waals surface area (Å²) in [4.78, 5) is 0. The molecule has 0 saturated carbocycles. The number of nitrogens with zero attached hydrogens (tertiary/aromatic N) is 2. The summed E-state index contributed by atoms with van der Waals surface area (Å²) in [6.45, 7) is 0.798. The van der Waals surface area contributed by atoms with E-state index in [9.17, 15) is 0 Å². The van der Waals surface area contributed by atoms with E-state index in [1.54, 1.807) is 0 Å². The summed E-state index contributed by atoms with van der Waals surface area (Å²) in [7, 11) is 0. The predicted octanol–water partition coefficient (Wildman–Crippen LogP) is 3.92. The Morgan fingerprint density at radius 1 is 1.26 bits per heavy atom. The number of amidine groups is 1. The number of hydrogen-bond acceptors (Lipinski definition) is 4. The number of para-hydroxylation sites is 1. The van der Waals surface area contributed by atoms with Gasteiger partial charge in [0.25, 0.3) is 0 Å². The molecule has 0 fully saturated rings. The Balaban J connectivity index is 1.90. The van der Waals surface area contributed by atoms with Gasteiger partial charge in [-0.15, -0.1) is 0 Å². The molecule has 0 aromatic heterocycles. The second-order valence-corrected chi connectivity index (χ2v) is 7.26. The van der Waals surface area contributed by atoms with Gasteiger partial charge in [0.15, 0.2) is 5.17 Å². The Morgan fingerprint density at radius 2 is 2.04 bits per heavy atom. The second kappa shape index (κ2) is 7.19. The van der Waals surface area contributed by atoms with Gasteiger partial charge in [0.1, 0.15) is 0 Å². The zero-order valence-electron chi connectivity index (χ0n) is 12.4. The fourth-order valence-corrected chi connectivity index (χ4v) is 3.62. The Kier molecular flexibility index (Phi) is 5.03. The fraction of sp³-hybridized carbons (Fsp3) is 0.176. The van der Waals surface area contributed by atoms with Gasteiger partial charge in [0.05, 0.1) is 17.9 Å². The minimum absolute atomic E-state index is 0.150. The van der Waals surface area contributed by atoms with Gasteiger partial charge < -0.3 is 5.73 Å². The van der Waals surface area contributed by atoms with Gasteiger partial charge in [-0.05, 0) is 29.8 Å². The number of anilines is 1. The van der Waals surface area contributed by atoms with Crippen molar-refractivity contribution in [3.05, 3.63) is 64.6 Å². The molecule has 0 aliphatic carbocycles. The Labute approximate surface area is 148 Å². The number of hydrazone groups is 1. The van der Waals surface area contributed by atoms with Crippen LogP contribution >= 0.6 is 27.7 Å². The molecule has 0 radical (unpaired) electrons. The number of benzene rings is 2. The maximum absolute atomic E-state index is 7.46. The number of thioether (sulfide) groups is 1. The van der Waals surface area contributed by atoms with Crippen LogP contribution in [0.3, 0.4) is 0 Å². The van der Waals surface area contributed by atoms with Crippen LogP contribution in [0.5, 0.6) is 0 Å². The van der Waals surface area contributed by atoms with Crippen molar-refractivity contribution in [3.8, 4) is 0 Å². The molecule has 6 heteroatoms. The third-order valence-corrected chi connectivity index (χ3v) is 5.00. The van der Waals surface area contributed by atoms with E-state index < -0.39 is 0 Å². The monoisotopic (exact) mass is 388 g/mol. The van der Waals surface area contributed by atoms with E-state index in [-0.39, 0.29) is 11.1 Å². The van der Waals surface area contributed by atoms with Gasteiger partial charge in [0, 0.05) is 16.1 Å². The third-order valence-electron chi connectivity index (χ3n) is 3.62. The first-order valence-electron chi connectivity index (χ1n) is 7.27. The van der Waals surface area contributed by atoms with Crippen molar-refractivity contribution in [2.75, 3.05) is 17.3 Å². The summed E-state index contributed by atoms with van der Waals surface area (Å²) in [5.74, 6) is 0.989. The lowest BCUT2D eigenvalue weighted by Gasteiger charge is -2.15. The average Bonchev–Trinajstić information content (AvgIpc) is 2.98. The number of nitrogens with one attached hydrogen (secondary N) is 1. The molecule has 4 nitrogen and oxygen atoms in total. The molecule has 23 heavy (non-hydrogen) atoms. The van der Waals surface area contributed by atoms with Crippen LogP contribution in [-0.4, -0.2) is 23.2 Å². The van der Waals surface area contributed by atoms with Gasteiger partial charge in [-0.3, -0.25) is 10.4 Å². The number of rotatable bonds is 4.